The lowest BCUT2D eigenvalue weighted by atomic mass is 10.0. The second-order valence-corrected chi connectivity index (χ2v) is 8.35. The molecule has 34 heavy (non-hydrogen) atoms. The van der Waals surface area contributed by atoms with Crippen LogP contribution in [0.15, 0.2) is 42.4 Å². The van der Waals surface area contributed by atoms with Crippen molar-refractivity contribution >= 4 is 23.6 Å². The number of piperidine rings is 1. The molecule has 0 aliphatic carbocycles. The quantitative estimate of drug-likeness (QED) is 0.645. The maximum atomic E-state index is 13.0. The molecule has 4 amide bonds. The molecule has 176 valence electrons. The minimum atomic E-state index is -1.41. The molecule has 0 spiro atoms. The number of carbonyl (C=O) groups excluding carboxylic acids is 4. The zero-order valence-corrected chi connectivity index (χ0v) is 18.3. The van der Waals surface area contributed by atoms with Crippen molar-refractivity contribution in [2.24, 2.45) is 0 Å². The Bertz CT molecular complexity index is 1280. The van der Waals surface area contributed by atoms with Crippen molar-refractivity contribution in [2.45, 2.75) is 38.6 Å². The summed E-state index contributed by atoms with van der Waals surface area (Å²) in [5, 5.41) is 2.26. The van der Waals surface area contributed by atoms with Gasteiger partial charge in [0.1, 0.15) is 25.0 Å². The highest BCUT2D eigenvalue weighted by atomic mass is 16.5. The smallest absolute Gasteiger partial charge is 0.255 e. The summed E-state index contributed by atoms with van der Waals surface area (Å²) in [5.41, 5.74) is 1.51. The molecule has 2 atom stereocenters. The molecule has 2 fully saturated rings. The number of nitrogens with zero attached hydrogens (tertiary/aromatic N) is 2. The summed E-state index contributed by atoms with van der Waals surface area (Å²) >= 11 is 0. The Labute approximate surface area is 200 Å². The van der Waals surface area contributed by atoms with E-state index in [2.05, 4.69) is 5.32 Å². The second-order valence-electron chi connectivity index (χ2n) is 8.35. The van der Waals surface area contributed by atoms with Crippen molar-refractivity contribution < 1.29 is 32.8 Å². The molecule has 2 unspecified atom stereocenters. The average Bonchev–Trinajstić information content (AvgIpc) is 3.17. The summed E-state index contributed by atoms with van der Waals surface area (Å²) in [6, 6.07) is 6.97. The van der Waals surface area contributed by atoms with Gasteiger partial charge in [-0.05, 0) is 29.7 Å². The molecule has 0 aromatic heterocycles. The van der Waals surface area contributed by atoms with Gasteiger partial charge in [0.25, 0.3) is 5.91 Å². The maximum absolute atomic E-state index is 13.0. The van der Waals surface area contributed by atoms with Crippen LogP contribution in [-0.4, -0.2) is 59.2 Å². The van der Waals surface area contributed by atoms with E-state index in [4.69, 9.17) is 13.6 Å². The number of hydrogen-bond donors (Lipinski definition) is 1. The highest BCUT2D eigenvalue weighted by Gasteiger charge is 2.40. The molecule has 2 aromatic rings. The number of amides is 4. The summed E-state index contributed by atoms with van der Waals surface area (Å²) in [6.07, 6.45) is 0.372. The van der Waals surface area contributed by atoms with E-state index in [1.165, 1.54) is 17.0 Å². The van der Waals surface area contributed by atoms with Gasteiger partial charge in [-0.2, -0.15) is 0 Å². The SMILES string of the molecule is [2H]c1cc(CN2CCOCC2=O)cc([2H])c1C([2H])Oc1cccc2c1CN(C1CCC(=O)NC1=O)C2=O. The number of hydrogen-bond acceptors (Lipinski definition) is 6. The molecule has 3 aliphatic heterocycles. The van der Waals surface area contributed by atoms with Gasteiger partial charge in [0.15, 0.2) is 0 Å². The molecule has 9 heteroatoms. The summed E-state index contributed by atoms with van der Waals surface area (Å²) in [7, 11) is 0. The number of ether oxygens (including phenoxy) is 2. The minimum Gasteiger partial charge on any atom is -0.489 e. The Morgan fingerprint density at radius 2 is 1.97 bits per heavy atom. The van der Waals surface area contributed by atoms with Crippen LogP contribution in [0.1, 0.15) is 44.0 Å². The molecule has 3 heterocycles. The van der Waals surface area contributed by atoms with Crippen molar-refractivity contribution in [3.05, 3.63) is 64.7 Å². The maximum Gasteiger partial charge on any atom is 0.255 e. The zero-order chi connectivity index (χ0) is 26.3. The molecule has 9 nitrogen and oxygen atoms in total. The topological polar surface area (TPSA) is 105 Å². The Balaban J connectivity index is 1.34. The Hall–Kier alpha value is -3.72. The van der Waals surface area contributed by atoms with Crippen molar-refractivity contribution in [3.8, 4) is 5.75 Å². The van der Waals surface area contributed by atoms with Crippen LogP contribution in [0.5, 0.6) is 5.75 Å². The molecule has 3 aliphatic rings. The summed E-state index contributed by atoms with van der Waals surface area (Å²) < 4.78 is 36.4. The van der Waals surface area contributed by atoms with Crippen LogP contribution in [0.4, 0.5) is 0 Å². The first-order chi connectivity index (χ1) is 17.7. The highest BCUT2D eigenvalue weighted by Crippen LogP contribution is 2.34. The molecular weight excluding hydrogens is 438 g/mol. The van der Waals surface area contributed by atoms with Crippen molar-refractivity contribution in [1.82, 2.24) is 15.1 Å². The second kappa shape index (κ2) is 9.26. The van der Waals surface area contributed by atoms with E-state index in [0.29, 0.717) is 29.8 Å². The number of morpholine rings is 1. The van der Waals surface area contributed by atoms with Crippen molar-refractivity contribution in [3.63, 3.8) is 0 Å². The lowest BCUT2D eigenvalue weighted by Crippen LogP contribution is -2.52. The summed E-state index contributed by atoms with van der Waals surface area (Å²) in [6.45, 7) is -0.221. The van der Waals surface area contributed by atoms with E-state index in [-0.39, 0.29) is 73.7 Å². The predicted octanol–water partition coefficient (Wildman–Crippen LogP) is 1.39. The van der Waals surface area contributed by atoms with E-state index in [1.54, 1.807) is 23.1 Å². The third-order valence-corrected chi connectivity index (χ3v) is 6.13. The molecular formula is C25H25N3O6. The number of nitrogens with one attached hydrogen (secondary N) is 1. The number of imide groups is 1. The molecule has 1 N–H and O–H groups in total. The van der Waals surface area contributed by atoms with Crippen LogP contribution in [0, 0.1) is 0 Å². The fourth-order valence-corrected chi connectivity index (χ4v) is 4.31. The molecule has 0 saturated carbocycles. The molecule has 2 aromatic carbocycles. The predicted molar refractivity (Wildman–Crippen MR) is 119 cm³/mol. The van der Waals surface area contributed by atoms with Gasteiger partial charge in [0, 0.05) is 30.6 Å². The van der Waals surface area contributed by atoms with Crippen LogP contribution in [0.3, 0.4) is 0 Å². The van der Waals surface area contributed by atoms with Gasteiger partial charge < -0.3 is 19.3 Å². The monoisotopic (exact) mass is 466 g/mol. The van der Waals surface area contributed by atoms with Crippen LogP contribution in [0.2, 0.25) is 0 Å². The van der Waals surface area contributed by atoms with Gasteiger partial charge in [-0.15, -0.1) is 0 Å². The first kappa shape index (κ1) is 18.7. The first-order valence-corrected chi connectivity index (χ1v) is 11.0. The fourth-order valence-electron chi connectivity index (χ4n) is 4.31. The van der Waals surface area contributed by atoms with Gasteiger partial charge >= 0.3 is 0 Å². The average molecular weight is 467 g/mol. The van der Waals surface area contributed by atoms with Crippen LogP contribution >= 0.6 is 0 Å². The largest absolute Gasteiger partial charge is 0.489 e. The number of fused-ring (bicyclic) bond motifs is 1. The van der Waals surface area contributed by atoms with Gasteiger partial charge in [0.2, 0.25) is 17.7 Å². The normalized spacial score (nSPS) is 22.6. The first-order valence-electron chi connectivity index (χ1n) is 12.6. The van der Waals surface area contributed by atoms with E-state index in [1.807, 2.05) is 0 Å². The Morgan fingerprint density at radius 3 is 2.74 bits per heavy atom. The fraction of sp³-hybridized carbons (Fsp3) is 0.360. The van der Waals surface area contributed by atoms with Gasteiger partial charge in [-0.3, -0.25) is 24.5 Å². The molecule has 0 radical (unpaired) electrons. The van der Waals surface area contributed by atoms with Crippen LogP contribution < -0.4 is 10.1 Å². The van der Waals surface area contributed by atoms with Gasteiger partial charge in [0.05, 0.1) is 17.3 Å². The number of benzene rings is 2. The van der Waals surface area contributed by atoms with E-state index in [0.717, 1.165) is 0 Å². The van der Waals surface area contributed by atoms with Crippen LogP contribution in [-0.2, 0) is 38.8 Å². The molecule has 0 bridgehead atoms. The number of rotatable bonds is 6. The molecule has 5 rings (SSSR count). The third-order valence-electron chi connectivity index (χ3n) is 6.13. The van der Waals surface area contributed by atoms with Crippen molar-refractivity contribution in [1.29, 1.82) is 0 Å². The zero-order valence-electron chi connectivity index (χ0n) is 21.3. The van der Waals surface area contributed by atoms with E-state index >= 15 is 0 Å². The van der Waals surface area contributed by atoms with Gasteiger partial charge in [-0.25, -0.2) is 0 Å². The standard InChI is InChI=1S/C25H25N3O6/c29-22-9-8-20(24(31)26-22)28-13-19-18(25(28)32)2-1-3-21(19)34-14-17-6-4-16(5-7-17)12-27-10-11-33-15-23(27)30/h1-7,20H,8-15H2,(H,26,29,31)/i6D,7D,14D. The highest BCUT2D eigenvalue weighted by molar-refractivity contribution is 6.05. The lowest BCUT2D eigenvalue weighted by molar-refractivity contribution is -0.143. The molecule has 2 saturated heterocycles. The van der Waals surface area contributed by atoms with E-state index in [9.17, 15) is 19.2 Å². The number of carbonyl (C=O) groups is 4. The lowest BCUT2D eigenvalue weighted by Gasteiger charge is -2.29. The summed E-state index contributed by atoms with van der Waals surface area (Å²) in [4.78, 5) is 51.9. The van der Waals surface area contributed by atoms with Crippen molar-refractivity contribution in [2.75, 3.05) is 19.8 Å². The summed E-state index contributed by atoms with van der Waals surface area (Å²) in [5.74, 6) is -1.15. The van der Waals surface area contributed by atoms with Crippen LogP contribution in [0.25, 0.3) is 0 Å². The Morgan fingerprint density at radius 1 is 1.15 bits per heavy atom. The Kier molecular flexibility index (Phi) is 5.09. The van der Waals surface area contributed by atoms with Gasteiger partial charge in [-0.1, -0.05) is 30.3 Å². The third kappa shape index (κ3) is 4.38. The minimum absolute atomic E-state index is 0.00700. The van der Waals surface area contributed by atoms with E-state index < -0.39 is 18.5 Å².